The molecule has 0 aromatic carbocycles. The molecule has 3 atom stereocenters. The van der Waals surface area contributed by atoms with E-state index >= 15 is 0 Å². The van der Waals surface area contributed by atoms with Crippen molar-refractivity contribution in [2.24, 2.45) is 5.92 Å². The van der Waals surface area contributed by atoms with Crippen molar-refractivity contribution in [3.63, 3.8) is 0 Å². The molecule has 0 bridgehead atoms. The molecule has 1 aliphatic carbocycles. The summed E-state index contributed by atoms with van der Waals surface area (Å²) < 4.78 is 5.36. The van der Waals surface area contributed by atoms with Gasteiger partial charge in [-0.1, -0.05) is 24.9 Å². The molecule has 0 aliphatic heterocycles. The molecule has 4 nitrogen and oxygen atoms in total. The summed E-state index contributed by atoms with van der Waals surface area (Å²) in [5.74, 6) is 3.06. The third-order valence-corrected chi connectivity index (χ3v) is 4.07. The first-order chi connectivity index (χ1) is 8.69. The number of hydrogen-bond acceptors (Lipinski definition) is 4. The van der Waals surface area contributed by atoms with E-state index in [1.165, 1.54) is 25.7 Å². The van der Waals surface area contributed by atoms with Crippen molar-refractivity contribution in [3.8, 4) is 0 Å². The highest BCUT2D eigenvalue weighted by molar-refractivity contribution is 4.98. The van der Waals surface area contributed by atoms with Gasteiger partial charge in [0.2, 0.25) is 5.89 Å². The Morgan fingerprint density at radius 2 is 2.28 bits per heavy atom. The van der Waals surface area contributed by atoms with Crippen LogP contribution >= 0.6 is 0 Å². The van der Waals surface area contributed by atoms with Crippen LogP contribution < -0.4 is 5.32 Å². The number of hydrogen-bond donors (Lipinski definition) is 1. The van der Waals surface area contributed by atoms with E-state index in [4.69, 9.17) is 4.52 Å². The quantitative estimate of drug-likeness (QED) is 0.874. The van der Waals surface area contributed by atoms with Crippen molar-refractivity contribution >= 4 is 0 Å². The normalized spacial score (nSPS) is 26.2. The van der Waals surface area contributed by atoms with Crippen LogP contribution in [0.2, 0.25) is 0 Å². The van der Waals surface area contributed by atoms with Crippen LogP contribution in [0.1, 0.15) is 63.6 Å². The zero-order valence-electron chi connectivity index (χ0n) is 11.8. The van der Waals surface area contributed by atoms with Crippen LogP contribution in [0.5, 0.6) is 0 Å². The molecule has 0 spiro atoms. The fraction of sp³-hybridized carbons (Fsp3) is 0.857. The van der Waals surface area contributed by atoms with Gasteiger partial charge < -0.3 is 9.84 Å². The van der Waals surface area contributed by atoms with Crippen LogP contribution in [0, 0.1) is 5.92 Å². The largest absolute Gasteiger partial charge is 0.339 e. The van der Waals surface area contributed by atoms with Gasteiger partial charge in [0.05, 0.1) is 0 Å². The van der Waals surface area contributed by atoms with E-state index in [0.29, 0.717) is 12.0 Å². The number of nitrogens with zero attached hydrogens (tertiary/aromatic N) is 2. The third-order valence-electron chi connectivity index (χ3n) is 4.07. The van der Waals surface area contributed by atoms with Crippen molar-refractivity contribution in [1.82, 2.24) is 15.5 Å². The molecule has 4 heteroatoms. The van der Waals surface area contributed by atoms with Gasteiger partial charge in [-0.2, -0.15) is 4.98 Å². The number of aromatic nitrogens is 2. The zero-order valence-corrected chi connectivity index (χ0v) is 11.8. The van der Waals surface area contributed by atoms with Gasteiger partial charge in [-0.25, -0.2) is 0 Å². The Balaban J connectivity index is 1.89. The minimum absolute atomic E-state index is 0.495. The summed E-state index contributed by atoms with van der Waals surface area (Å²) in [5.41, 5.74) is 0. The van der Waals surface area contributed by atoms with Crippen molar-refractivity contribution in [3.05, 3.63) is 11.7 Å². The molecular weight excluding hydrogens is 226 g/mol. The maximum Gasteiger partial charge on any atom is 0.226 e. The first-order valence-electron chi connectivity index (χ1n) is 7.18. The lowest BCUT2D eigenvalue weighted by Crippen LogP contribution is -2.21. The Morgan fingerprint density at radius 3 is 3.00 bits per heavy atom. The van der Waals surface area contributed by atoms with Gasteiger partial charge in [0, 0.05) is 18.4 Å². The zero-order chi connectivity index (χ0) is 13.0. The molecule has 0 amide bonds. The molecule has 1 fully saturated rings. The summed E-state index contributed by atoms with van der Waals surface area (Å²) in [6.07, 6.45) is 6.99. The van der Waals surface area contributed by atoms with E-state index in [1.54, 1.807) is 0 Å². The van der Waals surface area contributed by atoms with Gasteiger partial charge in [0.15, 0.2) is 5.82 Å². The van der Waals surface area contributed by atoms with E-state index in [9.17, 15) is 0 Å². The summed E-state index contributed by atoms with van der Waals surface area (Å²) in [4.78, 5) is 4.57. The number of nitrogens with one attached hydrogen (secondary N) is 1. The highest BCUT2D eigenvalue weighted by Gasteiger charge is 2.24. The minimum atomic E-state index is 0.495. The summed E-state index contributed by atoms with van der Waals surface area (Å²) in [6.45, 7) is 4.49. The molecule has 1 saturated carbocycles. The van der Waals surface area contributed by atoms with Crippen LogP contribution in [0.4, 0.5) is 0 Å². The van der Waals surface area contributed by atoms with E-state index < -0.39 is 0 Å². The highest BCUT2D eigenvalue weighted by atomic mass is 16.5. The Bertz CT molecular complexity index is 364. The molecule has 18 heavy (non-hydrogen) atoms. The second kappa shape index (κ2) is 6.32. The van der Waals surface area contributed by atoms with Gasteiger partial charge >= 0.3 is 0 Å². The lowest BCUT2D eigenvalue weighted by atomic mass is 9.82. The van der Waals surface area contributed by atoms with Crippen molar-refractivity contribution in [2.75, 3.05) is 7.05 Å². The molecular formula is C14H25N3O. The molecule has 0 radical (unpaired) electrons. The number of rotatable bonds is 5. The Kier molecular flexibility index (Phi) is 4.75. The van der Waals surface area contributed by atoms with Crippen LogP contribution in [0.3, 0.4) is 0 Å². The molecule has 1 heterocycles. The van der Waals surface area contributed by atoms with Crippen molar-refractivity contribution in [1.29, 1.82) is 0 Å². The first kappa shape index (κ1) is 13.5. The lowest BCUT2D eigenvalue weighted by Gasteiger charge is -2.23. The summed E-state index contributed by atoms with van der Waals surface area (Å²) >= 11 is 0. The summed E-state index contributed by atoms with van der Waals surface area (Å²) in [7, 11) is 1.98. The van der Waals surface area contributed by atoms with Gasteiger partial charge in [-0.15, -0.1) is 0 Å². The van der Waals surface area contributed by atoms with Crippen molar-refractivity contribution < 1.29 is 4.52 Å². The fourth-order valence-electron chi connectivity index (χ4n) is 2.69. The smallest absolute Gasteiger partial charge is 0.226 e. The molecule has 1 aliphatic rings. The topological polar surface area (TPSA) is 51.0 Å². The molecule has 2 rings (SSSR count). The van der Waals surface area contributed by atoms with E-state index in [2.05, 4.69) is 29.3 Å². The van der Waals surface area contributed by atoms with Crippen LogP contribution in [-0.4, -0.2) is 23.2 Å². The number of aryl methyl sites for hydroxylation is 1. The minimum Gasteiger partial charge on any atom is -0.339 e. The van der Waals surface area contributed by atoms with Gasteiger partial charge in [-0.3, -0.25) is 0 Å². The molecule has 1 aromatic rings. The molecule has 102 valence electrons. The predicted molar refractivity (Wildman–Crippen MR) is 71.5 cm³/mol. The van der Waals surface area contributed by atoms with E-state index in [-0.39, 0.29) is 0 Å². The Morgan fingerprint density at radius 1 is 1.44 bits per heavy atom. The molecule has 1 N–H and O–H groups in total. The van der Waals surface area contributed by atoms with E-state index in [1.807, 2.05) is 7.05 Å². The molecule has 1 aromatic heterocycles. The average molecular weight is 251 g/mol. The second-order valence-corrected chi connectivity index (χ2v) is 5.74. The Hall–Kier alpha value is -0.900. The van der Waals surface area contributed by atoms with Gasteiger partial charge in [-0.05, 0) is 39.2 Å². The van der Waals surface area contributed by atoms with Gasteiger partial charge in [0.1, 0.15) is 0 Å². The van der Waals surface area contributed by atoms with Gasteiger partial charge in [0.25, 0.3) is 0 Å². The fourth-order valence-corrected chi connectivity index (χ4v) is 2.69. The maximum absolute atomic E-state index is 5.36. The SMILES string of the molecule is CNC(C)CCc1nc(C2CCCC(C)C2)no1. The molecule has 0 saturated heterocycles. The summed E-state index contributed by atoms with van der Waals surface area (Å²) in [5, 5.41) is 7.39. The Labute approximate surface area is 110 Å². The second-order valence-electron chi connectivity index (χ2n) is 5.74. The average Bonchev–Trinajstić information content (AvgIpc) is 2.84. The third kappa shape index (κ3) is 3.55. The van der Waals surface area contributed by atoms with Crippen LogP contribution in [0.15, 0.2) is 4.52 Å². The lowest BCUT2D eigenvalue weighted by molar-refractivity contribution is 0.318. The van der Waals surface area contributed by atoms with Crippen molar-refractivity contribution in [2.45, 2.75) is 64.3 Å². The highest BCUT2D eigenvalue weighted by Crippen LogP contribution is 2.34. The maximum atomic E-state index is 5.36. The standard InChI is InChI=1S/C14H25N3O/c1-10-5-4-6-12(9-10)14-16-13(18-17-14)8-7-11(2)15-3/h10-12,15H,4-9H2,1-3H3. The van der Waals surface area contributed by atoms with Crippen LogP contribution in [-0.2, 0) is 6.42 Å². The molecule has 3 unspecified atom stereocenters. The van der Waals surface area contributed by atoms with Crippen LogP contribution in [0.25, 0.3) is 0 Å². The first-order valence-corrected chi connectivity index (χ1v) is 7.18. The summed E-state index contributed by atoms with van der Waals surface area (Å²) in [6, 6.07) is 0.495. The van der Waals surface area contributed by atoms with E-state index in [0.717, 1.165) is 30.5 Å². The monoisotopic (exact) mass is 251 g/mol. The predicted octanol–water partition coefficient (Wildman–Crippen LogP) is 2.90.